The van der Waals surface area contributed by atoms with E-state index in [1.807, 2.05) is 0 Å². The van der Waals surface area contributed by atoms with Crippen molar-refractivity contribution in [2.45, 2.75) is 57.0 Å². The van der Waals surface area contributed by atoms with Crippen LogP contribution in [0.1, 0.15) is 51.4 Å². The number of rotatable bonds is 2. The van der Waals surface area contributed by atoms with Crippen molar-refractivity contribution in [3.8, 4) is 0 Å². The number of likely N-dealkylation sites (N-methyl/N-ethyl adjacent to an activating group) is 1. The van der Waals surface area contributed by atoms with E-state index in [0.717, 1.165) is 45.2 Å². The summed E-state index contributed by atoms with van der Waals surface area (Å²) in [5, 5.41) is 20.8. The molecule has 1 unspecified atom stereocenters. The highest BCUT2D eigenvalue weighted by Crippen LogP contribution is 2.46. The third kappa shape index (κ3) is 2.51. The fraction of sp³-hybridized carbons (Fsp3) is 1.00. The first-order valence-corrected chi connectivity index (χ1v) is 7.14. The summed E-state index contributed by atoms with van der Waals surface area (Å²) >= 11 is 0. The third-order valence-corrected chi connectivity index (χ3v) is 5.04. The normalized spacial score (nSPS) is 35.5. The molecule has 0 amide bonds. The predicted molar refractivity (Wildman–Crippen MR) is 68.9 cm³/mol. The van der Waals surface area contributed by atoms with Crippen LogP contribution in [0.2, 0.25) is 0 Å². The number of hydrogen-bond acceptors (Lipinski definition) is 3. The molecule has 100 valence electrons. The van der Waals surface area contributed by atoms with E-state index in [1.165, 1.54) is 19.3 Å². The molecule has 0 bridgehead atoms. The van der Waals surface area contributed by atoms with E-state index in [-0.39, 0.29) is 12.0 Å². The molecule has 2 rings (SSSR count). The second-order valence-electron chi connectivity index (χ2n) is 6.23. The van der Waals surface area contributed by atoms with Crippen molar-refractivity contribution in [1.29, 1.82) is 0 Å². The Morgan fingerprint density at radius 3 is 2.06 bits per heavy atom. The van der Waals surface area contributed by atoms with Crippen LogP contribution in [0.25, 0.3) is 0 Å². The molecule has 2 aliphatic rings. The molecule has 1 saturated heterocycles. The van der Waals surface area contributed by atoms with Gasteiger partial charge in [-0.2, -0.15) is 0 Å². The number of nitrogens with zero attached hydrogens (tertiary/aromatic N) is 1. The Labute approximate surface area is 105 Å². The molecule has 0 aromatic heterocycles. The van der Waals surface area contributed by atoms with Gasteiger partial charge < -0.3 is 15.1 Å². The van der Waals surface area contributed by atoms with Crippen LogP contribution < -0.4 is 0 Å². The molecule has 3 nitrogen and oxygen atoms in total. The summed E-state index contributed by atoms with van der Waals surface area (Å²) in [6, 6.07) is 0. The number of aliphatic hydroxyl groups excluding tert-OH is 1. The fourth-order valence-corrected chi connectivity index (χ4v) is 3.77. The van der Waals surface area contributed by atoms with Crippen LogP contribution in [-0.4, -0.2) is 47.5 Å². The van der Waals surface area contributed by atoms with Gasteiger partial charge in [0, 0.05) is 18.5 Å². The molecular formula is C14H27NO2. The lowest BCUT2D eigenvalue weighted by molar-refractivity contribution is -0.113. The van der Waals surface area contributed by atoms with E-state index >= 15 is 0 Å². The second-order valence-corrected chi connectivity index (χ2v) is 6.23. The highest BCUT2D eigenvalue weighted by molar-refractivity contribution is 5.04. The maximum Gasteiger partial charge on any atom is 0.0863 e. The van der Waals surface area contributed by atoms with Gasteiger partial charge in [0.05, 0.1) is 12.2 Å². The average Bonchev–Trinajstić information content (AvgIpc) is 2.60. The first kappa shape index (κ1) is 13.3. The van der Waals surface area contributed by atoms with Crippen LogP contribution in [0.4, 0.5) is 0 Å². The van der Waals surface area contributed by atoms with Gasteiger partial charge in [0.25, 0.3) is 0 Å². The summed E-state index contributed by atoms with van der Waals surface area (Å²) in [4.78, 5) is 2.19. The lowest BCUT2D eigenvalue weighted by atomic mass is 9.64. The highest BCUT2D eigenvalue weighted by atomic mass is 16.3. The number of aliphatic hydroxyl groups is 2. The molecule has 1 saturated carbocycles. The van der Waals surface area contributed by atoms with Gasteiger partial charge in [-0.3, -0.25) is 0 Å². The smallest absolute Gasteiger partial charge is 0.0863 e. The molecule has 0 spiro atoms. The Morgan fingerprint density at radius 2 is 1.59 bits per heavy atom. The van der Waals surface area contributed by atoms with Crippen molar-refractivity contribution >= 4 is 0 Å². The van der Waals surface area contributed by atoms with E-state index in [1.54, 1.807) is 0 Å². The maximum atomic E-state index is 11.0. The molecule has 1 aliphatic carbocycles. The van der Waals surface area contributed by atoms with Crippen LogP contribution in [0.15, 0.2) is 0 Å². The van der Waals surface area contributed by atoms with Crippen LogP contribution >= 0.6 is 0 Å². The van der Waals surface area contributed by atoms with Crippen molar-refractivity contribution in [2.24, 2.45) is 5.41 Å². The summed E-state index contributed by atoms with van der Waals surface area (Å²) in [5.41, 5.74) is -0.897. The van der Waals surface area contributed by atoms with Gasteiger partial charge >= 0.3 is 0 Å². The minimum absolute atomic E-state index is 0.150. The van der Waals surface area contributed by atoms with E-state index in [2.05, 4.69) is 11.9 Å². The molecule has 1 heterocycles. The minimum Gasteiger partial charge on any atom is -0.396 e. The number of β-amino-alcohol motifs (C(OH)–C–C–N with tert-alkyl or cyclic N) is 1. The van der Waals surface area contributed by atoms with Crippen molar-refractivity contribution in [2.75, 3.05) is 26.7 Å². The standard InChI is InChI=1S/C14H27NO2/c1-15-10-9-14(17,11-15)13(12-16)7-5-3-2-4-6-8-13/h16-17H,2-12H2,1H3. The highest BCUT2D eigenvalue weighted by Gasteiger charge is 2.51. The molecule has 17 heavy (non-hydrogen) atoms. The van der Waals surface area contributed by atoms with E-state index in [0.29, 0.717) is 0 Å². The SMILES string of the molecule is CN1CCC(O)(C2(CO)CCCCCCC2)C1. The lowest BCUT2D eigenvalue weighted by Gasteiger charge is -2.45. The van der Waals surface area contributed by atoms with Crippen molar-refractivity contribution in [1.82, 2.24) is 4.90 Å². The fourth-order valence-electron chi connectivity index (χ4n) is 3.77. The molecule has 0 aromatic carbocycles. The average molecular weight is 241 g/mol. The van der Waals surface area contributed by atoms with E-state index in [9.17, 15) is 10.2 Å². The number of likely N-dealkylation sites (tertiary alicyclic amines) is 1. The zero-order valence-corrected chi connectivity index (χ0v) is 11.1. The minimum atomic E-state index is -0.659. The van der Waals surface area contributed by atoms with E-state index in [4.69, 9.17) is 0 Å². The van der Waals surface area contributed by atoms with Crippen molar-refractivity contribution in [3.05, 3.63) is 0 Å². The zero-order chi connectivity index (χ0) is 12.4. The van der Waals surface area contributed by atoms with Crippen LogP contribution in [-0.2, 0) is 0 Å². The third-order valence-electron chi connectivity index (χ3n) is 5.04. The van der Waals surface area contributed by atoms with Gasteiger partial charge in [0.15, 0.2) is 0 Å². The molecule has 3 heteroatoms. The predicted octanol–water partition coefficient (Wildman–Crippen LogP) is 1.78. The quantitative estimate of drug-likeness (QED) is 0.774. The first-order valence-electron chi connectivity index (χ1n) is 7.14. The van der Waals surface area contributed by atoms with Gasteiger partial charge in [-0.1, -0.05) is 32.1 Å². The molecular weight excluding hydrogens is 214 g/mol. The summed E-state index contributed by atoms with van der Waals surface area (Å²) < 4.78 is 0. The Morgan fingerprint density at radius 1 is 1.00 bits per heavy atom. The van der Waals surface area contributed by atoms with Crippen LogP contribution in [0, 0.1) is 5.41 Å². The van der Waals surface area contributed by atoms with Crippen LogP contribution in [0.3, 0.4) is 0 Å². The molecule has 2 N–H and O–H groups in total. The van der Waals surface area contributed by atoms with E-state index < -0.39 is 5.60 Å². The van der Waals surface area contributed by atoms with Crippen LogP contribution in [0.5, 0.6) is 0 Å². The van der Waals surface area contributed by atoms with Gasteiger partial charge in [0.2, 0.25) is 0 Å². The number of hydrogen-bond donors (Lipinski definition) is 2. The molecule has 1 atom stereocenters. The molecule has 2 fully saturated rings. The molecule has 0 aromatic rings. The van der Waals surface area contributed by atoms with Gasteiger partial charge in [-0.25, -0.2) is 0 Å². The van der Waals surface area contributed by atoms with Gasteiger partial charge in [0.1, 0.15) is 0 Å². The lowest BCUT2D eigenvalue weighted by Crippen LogP contribution is -2.52. The Balaban J connectivity index is 2.15. The summed E-state index contributed by atoms with van der Waals surface area (Å²) in [7, 11) is 2.06. The maximum absolute atomic E-state index is 11.0. The summed E-state index contributed by atoms with van der Waals surface area (Å²) in [6.45, 7) is 1.84. The Hall–Kier alpha value is -0.120. The Kier molecular flexibility index (Phi) is 4.11. The monoisotopic (exact) mass is 241 g/mol. The molecule has 0 radical (unpaired) electrons. The zero-order valence-electron chi connectivity index (χ0n) is 11.1. The largest absolute Gasteiger partial charge is 0.396 e. The van der Waals surface area contributed by atoms with Crippen molar-refractivity contribution < 1.29 is 10.2 Å². The van der Waals surface area contributed by atoms with Crippen molar-refractivity contribution in [3.63, 3.8) is 0 Å². The Bertz CT molecular complexity index is 249. The second kappa shape index (κ2) is 5.25. The summed E-state index contributed by atoms with van der Waals surface area (Å²) in [5.74, 6) is 0. The summed E-state index contributed by atoms with van der Waals surface area (Å²) in [6.07, 6.45) is 8.96. The van der Waals surface area contributed by atoms with Gasteiger partial charge in [-0.15, -0.1) is 0 Å². The topological polar surface area (TPSA) is 43.7 Å². The first-order chi connectivity index (χ1) is 8.12. The molecule has 1 aliphatic heterocycles. The van der Waals surface area contributed by atoms with Gasteiger partial charge in [-0.05, 0) is 26.3 Å².